The van der Waals surface area contributed by atoms with Crippen LogP contribution in [0.2, 0.25) is 0 Å². The molecule has 0 aromatic rings. The van der Waals surface area contributed by atoms with E-state index in [-0.39, 0.29) is 11.2 Å². The van der Waals surface area contributed by atoms with Crippen LogP contribution in [0.15, 0.2) is 0 Å². The van der Waals surface area contributed by atoms with Crippen molar-refractivity contribution in [1.29, 1.82) is 0 Å². The number of ether oxygens (including phenoxy) is 2. The molecule has 3 heteroatoms. The fourth-order valence-corrected chi connectivity index (χ4v) is 2.84. The van der Waals surface area contributed by atoms with Gasteiger partial charge in [0.05, 0.1) is 24.4 Å². The average molecular weight is 293 g/mol. The van der Waals surface area contributed by atoms with Crippen LogP contribution in [0.1, 0.15) is 52.9 Å². The Hall–Kier alpha value is 0.400. The highest BCUT2D eigenvalue weighted by molar-refractivity contribution is 9.09. The average Bonchev–Trinajstić information content (AvgIpc) is 2.25. The maximum absolute atomic E-state index is 6.04. The Morgan fingerprint density at radius 2 is 1.69 bits per heavy atom. The van der Waals surface area contributed by atoms with Crippen LogP contribution in [0.5, 0.6) is 0 Å². The van der Waals surface area contributed by atoms with E-state index in [1.165, 1.54) is 32.1 Å². The standard InChI is InChI=1S/C13H25BrO2/c1-12(2,3)15-9-10-16-13(11-14)7-5-4-6-8-13/h4-11H2,1-3H3. The molecule has 0 spiro atoms. The van der Waals surface area contributed by atoms with E-state index >= 15 is 0 Å². The third-order valence-electron chi connectivity index (χ3n) is 3.03. The second-order valence-electron chi connectivity index (χ2n) is 5.69. The quantitative estimate of drug-likeness (QED) is 0.565. The van der Waals surface area contributed by atoms with Crippen molar-refractivity contribution in [2.24, 2.45) is 0 Å². The van der Waals surface area contributed by atoms with Gasteiger partial charge in [-0.25, -0.2) is 0 Å². The topological polar surface area (TPSA) is 18.5 Å². The molecule has 96 valence electrons. The summed E-state index contributed by atoms with van der Waals surface area (Å²) in [4.78, 5) is 0. The fourth-order valence-electron chi connectivity index (χ4n) is 2.12. The predicted octanol–water partition coefficient (Wildman–Crippen LogP) is 3.92. The van der Waals surface area contributed by atoms with Crippen molar-refractivity contribution in [3.05, 3.63) is 0 Å². The lowest BCUT2D eigenvalue weighted by molar-refractivity contribution is -0.0949. The third-order valence-corrected chi connectivity index (χ3v) is 4.06. The molecule has 0 N–H and O–H groups in total. The first-order valence-electron chi connectivity index (χ1n) is 6.31. The summed E-state index contributed by atoms with van der Waals surface area (Å²) in [5.74, 6) is 0. The van der Waals surface area contributed by atoms with Crippen LogP contribution in [0.4, 0.5) is 0 Å². The highest BCUT2D eigenvalue weighted by Crippen LogP contribution is 2.33. The summed E-state index contributed by atoms with van der Waals surface area (Å²) in [7, 11) is 0. The molecule has 1 aliphatic carbocycles. The lowest BCUT2D eigenvalue weighted by atomic mass is 9.86. The number of alkyl halides is 1. The van der Waals surface area contributed by atoms with Crippen molar-refractivity contribution in [3.63, 3.8) is 0 Å². The number of hydrogen-bond acceptors (Lipinski definition) is 2. The molecular weight excluding hydrogens is 268 g/mol. The van der Waals surface area contributed by atoms with Crippen molar-refractivity contribution in [2.45, 2.75) is 64.1 Å². The van der Waals surface area contributed by atoms with Gasteiger partial charge in [0.25, 0.3) is 0 Å². The zero-order valence-electron chi connectivity index (χ0n) is 10.9. The van der Waals surface area contributed by atoms with E-state index in [0.29, 0.717) is 13.2 Å². The number of halogens is 1. The second kappa shape index (κ2) is 6.36. The number of hydrogen-bond donors (Lipinski definition) is 0. The van der Waals surface area contributed by atoms with E-state index in [1.807, 2.05) is 0 Å². The Morgan fingerprint density at radius 3 is 2.19 bits per heavy atom. The van der Waals surface area contributed by atoms with Crippen LogP contribution in [0, 0.1) is 0 Å². The first kappa shape index (κ1) is 14.5. The number of rotatable bonds is 5. The summed E-state index contributed by atoms with van der Waals surface area (Å²) in [6.07, 6.45) is 6.33. The predicted molar refractivity (Wildman–Crippen MR) is 71.3 cm³/mol. The molecule has 0 heterocycles. The zero-order valence-corrected chi connectivity index (χ0v) is 12.4. The largest absolute Gasteiger partial charge is 0.373 e. The summed E-state index contributed by atoms with van der Waals surface area (Å²) in [6, 6.07) is 0. The lowest BCUT2D eigenvalue weighted by Gasteiger charge is -2.36. The van der Waals surface area contributed by atoms with Gasteiger partial charge in [-0.15, -0.1) is 0 Å². The molecule has 1 rings (SSSR count). The third kappa shape index (κ3) is 5.15. The van der Waals surface area contributed by atoms with Crippen molar-refractivity contribution >= 4 is 15.9 Å². The van der Waals surface area contributed by atoms with E-state index in [9.17, 15) is 0 Å². The molecule has 1 saturated carbocycles. The molecule has 0 atom stereocenters. The van der Waals surface area contributed by atoms with Gasteiger partial charge in [0.2, 0.25) is 0 Å². The van der Waals surface area contributed by atoms with Crippen LogP contribution in [0.25, 0.3) is 0 Å². The second-order valence-corrected chi connectivity index (χ2v) is 6.25. The lowest BCUT2D eigenvalue weighted by Crippen LogP contribution is -2.38. The minimum Gasteiger partial charge on any atom is -0.373 e. The molecule has 0 aromatic heterocycles. The van der Waals surface area contributed by atoms with Crippen LogP contribution >= 0.6 is 15.9 Å². The maximum Gasteiger partial charge on any atom is 0.0780 e. The van der Waals surface area contributed by atoms with Gasteiger partial charge in [0.1, 0.15) is 0 Å². The highest BCUT2D eigenvalue weighted by atomic mass is 79.9. The van der Waals surface area contributed by atoms with E-state index in [0.717, 1.165) is 5.33 Å². The van der Waals surface area contributed by atoms with Crippen molar-refractivity contribution < 1.29 is 9.47 Å². The van der Waals surface area contributed by atoms with Gasteiger partial charge in [0.15, 0.2) is 0 Å². The van der Waals surface area contributed by atoms with E-state index in [2.05, 4.69) is 36.7 Å². The fraction of sp³-hybridized carbons (Fsp3) is 1.00. The minimum absolute atomic E-state index is 0.0580. The monoisotopic (exact) mass is 292 g/mol. The normalized spacial score (nSPS) is 21.0. The van der Waals surface area contributed by atoms with E-state index in [4.69, 9.17) is 9.47 Å². The van der Waals surface area contributed by atoms with Crippen LogP contribution in [0.3, 0.4) is 0 Å². The molecular formula is C13H25BrO2. The summed E-state index contributed by atoms with van der Waals surface area (Å²) >= 11 is 3.59. The first-order chi connectivity index (χ1) is 7.47. The molecule has 0 unspecified atom stereocenters. The summed E-state index contributed by atoms with van der Waals surface area (Å²) in [5, 5.41) is 0.954. The summed E-state index contributed by atoms with van der Waals surface area (Å²) < 4.78 is 11.7. The molecule has 16 heavy (non-hydrogen) atoms. The molecule has 2 nitrogen and oxygen atoms in total. The van der Waals surface area contributed by atoms with Gasteiger partial charge in [-0.1, -0.05) is 35.2 Å². The summed E-state index contributed by atoms with van der Waals surface area (Å²) in [5.41, 5.74) is 0.0248. The Labute approximate surface area is 108 Å². The van der Waals surface area contributed by atoms with Gasteiger partial charge in [-0.05, 0) is 33.6 Å². The molecule has 0 amide bonds. The molecule has 0 aliphatic heterocycles. The molecule has 0 aromatic carbocycles. The van der Waals surface area contributed by atoms with Gasteiger partial charge < -0.3 is 9.47 Å². The van der Waals surface area contributed by atoms with Gasteiger partial charge in [-0.3, -0.25) is 0 Å². The van der Waals surface area contributed by atoms with Crippen molar-refractivity contribution in [2.75, 3.05) is 18.5 Å². The highest BCUT2D eigenvalue weighted by Gasteiger charge is 2.31. The molecule has 0 bridgehead atoms. The Bertz CT molecular complexity index is 193. The molecule has 0 radical (unpaired) electrons. The van der Waals surface area contributed by atoms with E-state index in [1.54, 1.807) is 0 Å². The molecule has 1 aliphatic rings. The van der Waals surface area contributed by atoms with Gasteiger partial charge in [0, 0.05) is 5.33 Å². The SMILES string of the molecule is CC(C)(C)OCCOC1(CBr)CCCCC1. The molecule has 0 saturated heterocycles. The van der Waals surface area contributed by atoms with Crippen LogP contribution in [-0.2, 0) is 9.47 Å². The smallest absolute Gasteiger partial charge is 0.0780 e. The van der Waals surface area contributed by atoms with Crippen LogP contribution in [-0.4, -0.2) is 29.7 Å². The van der Waals surface area contributed by atoms with Crippen LogP contribution < -0.4 is 0 Å². The Kier molecular flexibility index (Phi) is 5.75. The zero-order chi connectivity index (χ0) is 12.1. The van der Waals surface area contributed by atoms with Crippen molar-refractivity contribution in [3.8, 4) is 0 Å². The van der Waals surface area contributed by atoms with Crippen molar-refractivity contribution in [1.82, 2.24) is 0 Å². The Morgan fingerprint density at radius 1 is 1.06 bits per heavy atom. The summed E-state index contributed by atoms with van der Waals surface area (Å²) in [6.45, 7) is 7.64. The first-order valence-corrected chi connectivity index (χ1v) is 7.43. The Balaban J connectivity index is 2.23. The maximum atomic E-state index is 6.04. The minimum atomic E-state index is -0.0580. The van der Waals surface area contributed by atoms with E-state index < -0.39 is 0 Å². The van der Waals surface area contributed by atoms with Gasteiger partial charge >= 0.3 is 0 Å². The van der Waals surface area contributed by atoms with Gasteiger partial charge in [-0.2, -0.15) is 0 Å². The molecule has 1 fully saturated rings.